The van der Waals surface area contributed by atoms with Crippen molar-refractivity contribution in [2.45, 2.75) is 26.3 Å². The number of nitrogens with zero attached hydrogens (tertiary/aromatic N) is 5. The molecular weight excluding hydrogens is 340 g/mol. The van der Waals surface area contributed by atoms with E-state index in [1.165, 1.54) is 12.8 Å². The molecule has 7 heteroatoms. The maximum atomic E-state index is 12.6. The summed E-state index contributed by atoms with van der Waals surface area (Å²) in [5.74, 6) is 0.625. The third-order valence-electron chi connectivity index (χ3n) is 4.59. The fourth-order valence-corrected chi connectivity index (χ4v) is 3.25. The van der Waals surface area contributed by atoms with Crippen molar-refractivity contribution in [3.8, 4) is 5.69 Å². The molecule has 1 fully saturated rings. The molecule has 1 aromatic carbocycles. The van der Waals surface area contributed by atoms with Crippen LogP contribution >= 0.6 is 0 Å². The topological polar surface area (TPSA) is 75.9 Å². The minimum absolute atomic E-state index is 0.136. The number of anilines is 1. The number of carbonyl (C=O) groups is 1. The zero-order chi connectivity index (χ0) is 18.6. The molecule has 1 aliphatic heterocycles. The third kappa shape index (κ3) is 3.97. The molecule has 3 heterocycles. The Hall–Kier alpha value is -3.22. The number of hydrogen-bond acceptors (Lipinski definition) is 5. The Bertz CT molecular complexity index is 931. The average molecular weight is 362 g/mol. The van der Waals surface area contributed by atoms with Crippen LogP contribution in [0.4, 0.5) is 5.95 Å². The predicted molar refractivity (Wildman–Crippen MR) is 103 cm³/mol. The van der Waals surface area contributed by atoms with Gasteiger partial charge in [-0.2, -0.15) is 5.10 Å². The lowest BCUT2D eigenvalue weighted by atomic mass is 10.2. The van der Waals surface area contributed by atoms with E-state index >= 15 is 0 Å². The first kappa shape index (κ1) is 17.2. The van der Waals surface area contributed by atoms with Crippen molar-refractivity contribution in [2.24, 2.45) is 0 Å². The Morgan fingerprint density at radius 3 is 2.78 bits per heavy atom. The number of carbonyl (C=O) groups excluding carboxylic acids is 1. The van der Waals surface area contributed by atoms with Crippen LogP contribution in [0.5, 0.6) is 0 Å². The van der Waals surface area contributed by atoms with Crippen molar-refractivity contribution >= 4 is 11.9 Å². The van der Waals surface area contributed by atoms with E-state index in [9.17, 15) is 4.79 Å². The first-order valence-electron chi connectivity index (χ1n) is 9.17. The highest BCUT2D eigenvalue weighted by Crippen LogP contribution is 2.17. The van der Waals surface area contributed by atoms with Crippen LogP contribution in [0.15, 0.2) is 48.8 Å². The number of rotatable bonds is 5. The second-order valence-electron chi connectivity index (χ2n) is 6.68. The minimum Gasteiger partial charge on any atom is -0.346 e. The highest BCUT2D eigenvalue weighted by atomic mass is 16.1. The Kier molecular flexibility index (Phi) is 4.82. The van der Waals surface area contributed by atoms with Gasteiger partial charge in [0.15, 0.2) is 0 Å². The minimum atomic E-state index is -0.136. The maximum absolute atomic E-state index is 12.6. The normalized spacial score (nSPS) is 13.7. The number of benzene rings is 1. The van der Waals surface area contributed by atoms with Crippen molar-refractivity contribution in [3.05, 3.63) is 65.7 Å². The first-order chi connectivity index (χ1) is 13.2. The van der Waals surface area contributed by atoms with Crippen LogP contribution in [-0.2, 0) is 6.54 Å². The van der Waals surface area contributed by atoms with Crippen LogP contribution in [0.25, 0.3) is 5.69 Å². The summed E-state index contributed by atoms with van der Waals surface area (Å²) >= 11 is 0. The molecule has 1 N–H and O–H groups in total. The van der Waals surface area contributed by atoms with Crippen molar-refractivity contribution < 1.29 is 4.79 Å². The van der Waals surface area contributed by atoms with Gasteiger partial charge < -0.3 is 10.2 Å². The van der Waals surface area contributed by atoms with Gasteiger partial charge in [0.1, 0.15) is 0 Å². The van der Waals surface area contributed by atoms with Crippen molar-refractivity contribution in [3.63, 3.8) is 0 Å². The monoisotopic (exact) mass is 362 g/mol. The lowest BCUT2D eigenvalue weighted by Crippen LogP contribution is -2.25. The molecular formula is C20H22N6O. The lowest BCUT2D eigenvalue weighted by molar-refractivity contribution is 0.0950. The Balaban J connectivity index is 1.46. The maximum Gasteiger partial charge on any atom is 0.251 e. The number of amides is 1. The molecule has 27 heavy (non-hydrogen) atoms. The summed E-state index contributed by atoms with van der Waals surface area (Å²) in [4.78, 5) is 23.9. The zero-order valence-corrected chi connectivity index (χ0v) is 15.3. The van der Waals surface area contributed by atoms with Crippen LogP contribution in [-0.4, -0.2) is 38.7 Å². The first-order valence-corrected chi connectivity index (χ1v) is 9.17. The molecule has 4 rings (SSSR count). The Morgan fingerprint density at radius 2 is 2.00 bits per heavy atom. The summed E-state index contributed by atoms with van der Waals surface area (Å²) in [5, 5.41) is 7.16. The van der Waals surface area contributed by atoms with E-state index in [1.807, 2.05) is 43.5 Å². The fourth-order valence-electron chi connectivity index (χ4n) is 3.25. The summed E-state index contributed by atoms with van der Waals surface area (Å²) in [7, 11) is 0. The second kappa shape index (κ2) is 7.57. The van der Waals surface area contributed by atoms with Crippen LogP contribution in [0, 0.1) is 6.92 Å². The molecule has 0 bridgehead atoms. The number of nitrogens with one attached hydrogen (secondary N) is 1. The summed E-state index contributed by atoms with van der Waals surface area (Å²) < 4.78 is 1.73. The molecule has 0 aliphatic carbocycles. The van der Waals surface area contributed by atoms with Crippen molar-refractivity contribution in [2.75, 3.05) is 18.0 Å². The lowest BCUT2D eigenvalue weighted by Gasteiger charge is -2.16. The fraction of sp³-hybridized carbons (Fsp3) is 0.300. The van der Waals surface area contributed by atoms with E-state index < -0.39 is 0 Å². The molecule has 2 aromatic heterocycles. The standard InChI is InChI=1S/C20H22N6O/c1-15-12-17(24-20(23-15)25-9-2-3-10-25)14-21-19(27)16-6-4-7-18(13-16)26-11-5-8-22-26/h4-8,11-13H,2-3,9-10,14H2,1H3,(H,21,27). The van der Waals surface area contributed by atoms with Crippen LogP contribution < -0.4 is 10.2 Å². The highest BCUT2D eigenvalue weighted by molar-refractivity contribution is 5.94. The van der Waals surface area contributed by atoms with E-state index in [0.29, 0.717) is 12.1 Å². The Morgan fingerprint density at radius 1 is 1.15 bits per heavy atom. The van der Waals surface area contributed by atoms with Gasteiger partial charge in [-0.15, -0.1) is 0 Å². The smallest absolute Gasteiger partial charge is 0.251 e. The molecule has 7 nitrogen and oxygen atoms in total. The largest absolute Gasteiger partial charge is 0.346 e. The van der Waals surface area contributed by atoms with Gasteiger partial charge in [-0.25, -0.2) is 14.6 Å². The van der Waals surface area contributed by atoms with Gasteiger partial charge in [0.2, 0.25) is 5.95 Å². The summed E-state index contributed by atoms with van der Waals surface area (Å²) in [6, 6.07) is 11.2. The van der Waals surface area contributed by atoms with Gasteiger partial charge in [-0.05, 0) is 50.1 Å². The van der Waals surface area contributed by atoms with Gasteiger partial charge >= 0.3 is 0 Å². The molecule has 1 saturated heterocycles. The van der Waals surface area contributed by atoms with Gasteiger partial charge in [0.25, 0.3) is 5.91 Å². The SMILES string of the molecule is Cc1cc(CNC(=O)c2cccc(-n3cccn3)c2)nc(N2CCCC2)n1. The number of aromatic nitrogens is 4. The van der Waals surface area contributed by atoms with Crippen molar-refractivity contribution in [1.29, 1.82) is 0 Å². The van der Waals surface area contributed by atoms with E-state index in [4.69, 9.17) is 0 Å². The van der Waals surface area contributed by atoms with E-state index in [1.54, 1.807) is 16.9 Å². The molecule has 0 spiro atoms. The summed E-state index contributed by atoms with van der Waals surface area (Å²) in [5.41, 5.74) is 3.17. The molecule has 0 atom stereocenters. The van der Waals surface area contributed by atoms with Gasteiger partial charge in [-0.3, -0.25) is 4.79 Å². The van der Waals surface area contributed by atoms with Gasteiger partial charge in [0, 0.05) is 36.7 Å². The van der Waals surface area contributed by atoms with E-state index in [-0.39, 0.29) is 5.91 Å². The van der Waals surface area contributed by atoms with E-state index in [0.717, 1.165) is 36.1 Å². The number of hydrogen-bond donors (Lipinski definition) is 1. The van der Waals surface area contributed by atoms with Crippen LogP contribution in [0.3, 0.4) is 0 Å². The average Bonchev–Trinajstić information content (AvgIpc) is 3.39. The molecule has 1 amide bonds. The van der Waals surface area contributed by atoms with Crippen LogP contribution in [0.2, 0.25) is 0 Å². The van der Waals surface area contributed by atoms with Gasteiger partial charge in [-0.1, -0.05) is 6.07 Å². The second-order valence-corrected chi connectivity index (χ2v) is 6.68. The summed E-state index contributed by atoms with van der Waals surface area (Å²) in [6.45, 7) is 4.32. The molecule has 1 aliphatic rings. The predicted octanol–water partition coefficient (Wildman–Crippen LogP) is 2.50. The molecule has 138 valence electrons. The molecule has 3 aromatic rings. The van der Waals surface area contributed by atoms with E-state index in [2.05, 4.69) is 25.3 Å². The zero-order valence-electron chi connectivity index (χ0n) is 15.3. The quantitative estimate of drug-likeness (QED) is 0.755. The molecule has 0 unspecified atom stereocenters. The third-order valence-corrected chi connectivity index (χ3v) is 4.59. The Labute approximate surface area is 158 Å². The van der Waals surface area contributed by atoms with Gasteiger partial charge in [0.05, 0.1) is 17.9 Å². The molecule has 0 radical (unpaired) electrons. The number of aryl methyl sites for hydroxylation is 1. The van der Waals surface area contributed by atoms with Crippen molar-refractivity contribution in [1.82, 2.24) is 25.1 Å². The summed E-state index contributed by atoms with van der Waals surface area (Å²) in [6.07, 6.45) is 5.91. The van der Waals surface area contributed by atoms with Crippen LogP contribution in [0.1, 0.15) is 34.6 Å². The highest BCUT2D eigenvalue weighted by Gasteiger charge is 2.16. The molecule has 0 saturated carbocycles.